The van der Waals surface area contributed by atoms with Gasteiger partial charge in [0.2, 0.25) is 0 Å². The highest BCUT2D eigenvalue weighted by Crippen LogP contribution is 2.43. The zero-order valence-electron chi connectivity index (χ0n) is 45.5. The molecule has 6 heterocycles. The van der Waals surface area contributed by atoms with Gasteiger partial charge in [0, 0.05) is 93.9 Å². The minimum absolute atomic E-state index is 0.0881. The molecule has 3 saturated heterocycles. The van der Waals surface area contributed by atoms with Crippen molar-refractivity contribution in [2.24, 2.45) is 23.7 Å². The minimum Gasteiger partial charge on any atom is -0.612 e. The molecule has 0 radical (unpaired) electrons. The molecule has 3 aromatic heterocycles. The maximum Gasteiger partial charge on any atom is 0.410 e. The Kier molecular flexibility index (Phi) is 19.1. The number of aliphatic hydroxyl groups excluding tert-OH is 1. The lowest BCUT2D eigenvalue weighted by atomic mass is 9.73. The molecule has 1 amide bonds. The van der Waals surface area contributed by atoms with Crippen LogP contribution in [0.15, 0.2) is 72.4 Å². The van der Waals surface area contributed by atoms with Crippen molar-refractivity contribution in [2.45, 2.75) is 172 Å². The van der Waals surface area contributed by atoms with Gasteiger partial charge in [-0.15, -0.1) is 5.10 Å². The molecule has 7 rings (SSSR count). The first-order chi connectivity index (χ1) is 35.7. The summed E-state index contributed by atoms with van der Waals surface area (Å²) in [6.45, 7) is 16.0. The van der Waals surface area contributed by atoms with E-state index in [9.17, 15) is 28.8 Å². The molecule has 1 N–H and O–H groups in total. The molecule has 0 spiro atoms. The number of ether oxygens (including phenoxy) is 5. The molecule has 19 nitrogen and oxygen atoms in total. The summed E-state index contributed by atoms with van der Waals surface area (Å²) in [6.07, 6.45) is 8.69. The van der Waals surface area contributed by atoms with Crippen LogP contribution in [0.5, 0.6) is 0 Å². The number of aromatic nitrogens is 6. The Morgan fingerprint density at radius 1 is 0.960 bits per heavy atom. The van der Waals surface area contributed by atoms with Crippen LogP contribution in [0.3, 0.4) is 0 Å². The van der Waals surface area contributed by atoms with Gasteiger partial charge in [-0.2, -0.15) is 0 Å². The average Bonchev–Trinajstić information content (AvgIpc) is 4.14. The van der Waals surface area contributed by atoms with E-state index in [1.807, 2.05) is 86.1 Å². The summed E-state index contributed by atoms with van der Waals surface area (Å²) in [4.78, 5) is 71.0. The zero-order valence-corrected chi connectivity index (χ0v) is 46.3. The Morgan fingerprint density at radius 2 is 1.69 bits per heavy atom. The Balaban J connectivity index is 1.06. The number of pyridine rings is 1. The number of likely N-dealkylation sites (N-methyl/N-ethyl adjacent to an activating group) is 1. The number of imidazole rings is 1. The number of esters is 1. The van der Waals surface area contributed by atoms with Crippen molar-refractivity contribution >= 4 is 34.8 Å². The second-order valence-electron chi connectivity index (χ2n) is 21.4. The summed E-state index contributed by atoms with van der Waals surface area (Å²) in [5, 5.41) is 20.9. The smallest absolute Gasteiger partial charge is 0.410 e. The van der Waals surface area contributed by atoms with E-state index in [1.54, 1.807) is 62.3 Å². The lowest BCUT2D eigenvalue weighted by Crippen LogP contribution is -2.60. The number of carbonyl (C=O) groups is 4. The van der Waals surface area contributed by atoms with Gasteiger partial charge in [0.25, 0.3) is 0 Å². The van der Waals surface area contributed by atoms with Gasteiger partial charge in [-0.25, -0.2) is 9.78 Å². The molecule has 3 aliphatic heterocycles. The SMILES string of the molecule is CC[C@H]1OC(=O)[C@H](C)C(=O)[C@H](C)[C@@H](O[C@@H]2O[C@H](C)C[C@H](N(C)CCc3cn(CCc4ccc([S+](C)[O-])cc4)nn3)[C@H]2O)[C@](C)(OC)C[C@@H](C)C(=O)[C@H](C)[C@H]2N(CCCCn3cnc(-c4cccnc4)c3)C(=O)O[C@]12C. The van der Waals surface area contributed by atoms with Gasteiger partial charge in [-0.3, -0.25) is 24.0 Å². The van der Waals surface area contributed by atoms with Gasteiger partial charge in [-0.05, 0) is 114 Å². The summed E-state index contributed by atoms with van der Waals surface area (Å²) in [5.41, 5.74) is 0.834. The monoisotopic (exact) mass is 1060 g/mol. The zero-order chi connectivity index (χ0) is 54.4. The predicted molar refractivity (Wildman–Crippen MR) is 279 cm³/mol. The number of hydrogen-bond acceptors (Lipinski definition) is 16. The van der Waals surface area contributed by atoms with Crippen molar-refractivity contribution in [3.05, 3.63) is 78.8 Å². The van der Waals surface area contributed by atoms with Gasteiger partial charge >= 0.3 is 12.1 Å². The molecule has 1 aromatic carbocycles. The number of amides is 1. The number of nitrogens with zero attached hydrogens (tertiary/aromatic N) is 8. The average molecular weight is 1060 g/mol. The molecule has 4 aromatic rings. The van der Waals surface area contributed by atoms with E-state index in [2.05, 4.69) is 20.3 Å². The van der Waals surface area contributed by atoms with Gasteiger partial charge in [0.15, 0.2) is 22.6 Å². The van der Waals surface area contributed by atoms with Gasteiger partial charge < -0.3 is 47.7 Å². The highest BCUT2D eigenvalue weighted by molar-refractivity contribution is 7.90. The lowest BCUT2D eigenvalue weighted by molar-refractivity contribution is -0.296. The van der Waals surface area contributed by atoms with Crippen molar-refractivity contribution < 1.29 is 52.5 Å². The van der Waals surface area contributed by atoms with Crippen molar-refractivity contribution in [3.63, 3.8) is 0 Å². The maximum absolute atomic E-state index is 15.0. The van der Waals surface area contributed by atoms with E-state index in [-0.39, 0.29) is 31.3 Å². The highest BCUT2D eigenvalue weighted by Gasteiger charge is 2.60. The lowest BCUT2D eigenvalue weighted by Gasteiger charge is -2.47. The second-order valence-corrected chi connectivity index (χ2v) is 22.8. The number of rotatable bonds is 18. The number of aliphatic hydroxyl groups is 1. The minimum atomic E-state index is -1.44. The van der Waals surface area contributed by atoms with Crippen molar-refractivity contribution in [1.29, 1.82) is 0 Å². The summed E-state index contributed by atoms with van der Waals surface area (Å²) in [5.74, 6) is -5.22. The molecule has 410 valence electrons. The van der Waals surface area contributed by atoms with Gasteiger partial charge in [0.1, 0.15) is 30.2 Å². The summed E-state index contributed by atoms with van der Waals surface area (Å²) >= 11 is -1.04. The Hall–Kier alpha value is -5.09. The largest absolute Gasteiger partial charge is 0.612 e. The highest BCUT2D eigenvalue weighted by atomic mass is 32.2. The third-order valence-corrected chi connectivity index (χ3v) is 16.8. The Bertz CT molecular complexity index is 2550. The molecule has 3 fully saturated rings. The number of ketones is 2. The Labute approximate surface area is 444 Å². The number of aryl methyl sites for hydroxylation is 3. The van der Waals surface area contributed by atoms with Crippen molar-refractivity contribution in [2.75, 3.05) is 33.5 Å². The molecule has 20 heteroatoms. The van der Waals surface area contributed by atoms with Gasteiger partial charge in [0.05, 0.1) is 41.6 Å². The molecule has 0 bridgehead atoms. The van der Waals surface area contributed by atoms with E-state index in [1.165, 1.54) is 14.0 Å². The quantitative estimate of drug-likeness (QED) is 0.0513. The number of methoxy groups -OCH3 is 1. The van der Waals surface area contributed by atoms with E-state index < -0.39 is 101 Å². The van der Waals surface area contributed by atoms with E-state index in [4.69, 9.17) is 23.7 Å². The molecule has 14 atom stereocenters. The van der Waals surface area contributed by atoms with Crippen LogP contribution in [0.25, 0.3) is 11.3 Å². The topological polar surface area (TPSA) is 226 Å². The first-order valence-electron chi connectivity index (χ1n) is 26.4. The van der Waals surface area contributed by atoms with Crippen LogP contribution in [0.4, 0.5) is 4.79 Å². The molecule has 75 heavy (non-hydrogen) atoms. The van der Waals surface area contributed by atoms with E-state index in [0.717, 1.165) is 33.8 Å². The van der Waals surface area contributed by atoms with Crippen LogP contribution >= 0.6 is 0 Å². The first-order valence-corrected chi connectivity index (χ1v) is 28.0. The third kappa shape index (κ3) is 13.2. The van der Waals surface area contributed by atoms with E-state index >= 15 is 0 Å². The van der Waals surface area contributed by atoms with E-state index in [0.29, 0.717) is 45.3 Å². The summed E-state index contributed by atoms with van der Waals surface area (Å²) in [7, 11) is 3.42. The second kappa shape index (κ2) is 24.9. The number of benzene rings is 1. The fourth-order valence-electron chi connectivity index (χ4n) is 11.5. The van der Waals surface area contributed by atoms with Crippen LogP contribution in [0.1, 0.15) is 98.8 Å². The third-order valence-electron chi connectivity index (χ3n) is 15.9. The summed E-state index contributed by atoms with van der Waals surface area (Å²) < 4.78 is 47.5. The number of cyclic esters (lactones) is 1. The van der Waals surface area contributed by atoms with Crippen molar-refractivity contribution in [3.8, 4) is 11.3 Å². The molecular formula is C55H78N8O11S. The van der Waals surface area contributed by atoms with Crippen LogP contribution < -0.4 is 0 Å². The molecule has 1 unspecified atom stereocenters. The predicted octanol–water partition coefficient (Wildman–Crippen LogP) is 6.11. The first kappa shape index (κ1) is 57.6. The van der Waals surface area contributed by atoms with Crippen molar-refractivity contribution in [1.82, 2.24) is 39.3 Å². The number of hydrogen-bond donors (Lipinski definition) is 1. The number of unbranched alkanes of at least 4 members (excludes halogenated alkanes) is 1. The normalized spacial score (nSPS) is 31.5. The van der Waals surface area contributed by atoms with Crippen LogP contribution in [-0.2, 0) is 75.2 Å². The van der Waals surface area contributed by atoms with Crippen LogP contribution in [-0.4, -0.2) is 160 Å². The standard InChI is InChI=1S/C55H78N8O11S/c1-12-45-55(8)49(63(53(68)74-55)25-14-13-24-61-32-43(57-33-61)40-16-15-23-56-30-40)36(4)46(64)34(2)29-54(7,70-10)50(37(5)47(65)38(6)51(67)72-45)73-52-48(66)44(28-35(3)71-52)60(9)26-22-41-31-62(59-58-41)27-21-39-17-19-42(20-18-39)75(11)69/h15-20,23,30-38,44-45,48-50,52,66H,12-14,21-22,24-29H2,1-11H3/t34-,35-,36+,37+,38-,44+,45-,48-,49-,50-,52+,54-,55-,75?/m1/s1. The number of carbonyl (C=O) groups excluding carboxylic acids is 4. The summed E-state index contributed by atoms with van der Waals surface area (Å²) in [6, 6.07) is 10.3. The Morgan fingerprint density at radius 3 is 2.37 bits per heavy atom. The fraction of sp³-hybridized carbons (Fsp3) is 0.636. The van der Waals surface area contributed by atoms with Crippen LogP contribution in [0, 0.1) is 23.7 Å². The maximum atomic E-state index is 15.0. The van der Waals surface area contributed by atoms with Gasteiger partial charge in [-0.1, -0.05) is 45.0 Å². The van der Waals surface area contributed by atoms with Crippen LogP contribution in [0.2, 0.25) is 0 Å². The molecular weight excluding hydrogens is 981 g/mol. The fourth-order valence-corrected chi connectivity index (χ4v) is 12.0. The molecule has 0 aliphatic carbocycles. The molecule has 0 saturated carbocycles. The molecule has 3 aliphatic rings. The number of fused-ring (bicyclic) bond motifs is 1. The number of Topliss-reactive ketones (excluding diaryl/α,β-unsaturated/α-hetero) is 2.